The van der Waals surface area contributed by atoms with E-state index in [-0.39, 0.29) is 11.7 Å². The largest absolute Gasteiger partial charge is 0.344 e. The third-order valence-corrected chi connectivity index (χ3v) is 2.07. The minimum absolute atomic E-state index is 0.163. The third kappa shape index (κ3) is 2.25. The first-order valence-electron chi connectivity index (χ1n) is 4.97. The molecule has 0 aliphatic rings. The van der Waals surface area contributed by atoms with Crippen molar-refractivity contribution in [3.8, 4) is 0 Å². The number of amides is 1. The number of carbonyl (C=O) groups excluding carboxylic acids is 1. The van der Waals surface area contributed by atoms with Crippen LogP contribution in [0.4, 0.5) is 0 Å². The van der Waals surface area contributed by atoms with E-state index >= 15 is 0 Å². The maximum absolute atomic E-state index is 11.6. The van der Waals surface area contributed by atoms with Crippen molar-refractivity contribution in [3.63, 3.8) is 0 Å². The fraction of sp³-hybridized carbons (Fsp3) is 0.333. The van der Waals surface area contributed by atoms with Gasteiger partial charge in [0.15, 0.2) is 0 Å². The molecule has 7 nitrogen and oxygen atoms in total. The number of rotatable bonds is 4. The first kappa shape index (κ1) is 10.3. The van der Waals surface area contributed by atoms with E-state index in [1.807, 2.05) is 6.92 Å². The number of carbonyl (C=O) groups is 1. The Bertz CT molecular complexity index is 460. The third-order valence-electron chi connectivity index (χ3n) is 2.07. The van der Waals surface area contributed by atoms with Crippen LogP contribution in [0.15, 0.2) is 12.3 Å². The molecule has 7 heteroatoms. The monoisotopic (exact) mass is 220 g/mol. The quantitative estimate of drug-likeness (QED) is 0.676. The highest BCUT2D eigenvalue weighted by Crippen LogP contribution is 1.95. The van der Waals surface area contributed by atoms with Crippen LogP contribution in [0.25, 0.3) is 0 Å². The average molecular weight is 220 g/mol. The smallest absolute Gasteiger partial charge is 0.291 e. The van der Waals surface area contributed by atoms with E-state index in [4.69, 9.17) is 0 Å². The number of aryl methyl sites for hydroxylation is 1. The summed E-state index contributed by atoms with van der Waals surface area (Å²) in [6.07, 6.45) is 2.35. The van der Waals surface area contributed by atoms with Crippen molar-refractivity contribution in [2.45, 2.75) is 19.9 Å². The molecule has 2 heterocycles. The summed E-state index contributed by atoms with van der Waals surface area (Å²) in [7, 11) is 0. The van der Waals surface area contributed by atoms with Crippen molar-refractivity contribution in [2.75, 3.05) is 0 Å². The molecule has 2 rings (SSSR count). The Kier molecular flexibility index (Phi) is 2.95. The molecule has 2 aromatic heterocycles. The number of H-pyrrole nitrogens is 2. The first-order valence-corrected chi connectivity index (χ1v) is 4.97. The van der Waals surface area contributed by atoms with Crippen LogP contribution >= 0.6 is 0 Å². The number of nitrogens with zero attached hydrogens (tertiary/aromatic N) is 3. The fourth-order valence-electron chi connectivity index (χ4n) is 1.19. The van der Waals surface area contributed by atoms with E-state index in [9.17, 15) is 4.79 Å². The molecule has 0 saturated carbocycles. The highest BCUT2D eigenvalue weighted by molar-refractivity contribution is 5.90. The standard InChI is InChI=1S/C9H12N6O/c1-2-7-12-8(15-14-7)9(16)10-5-6-3-4-11-13-6/h3-4H,2,5H2,1H3,(H,10,16)(H,11,13)(H,12,14,15). The van der Waals surface area contributed by atoms with E-state index in [0.29, 0.717) is 12.4 Å². The van der Waals surface area contributed by atoms with Gasteiger partial charge in [-0.15, -0.1) is 5.10 Å². The van der Waals surface area contributed by atoms with Gasteiger partial charge in [-0.3, -0.25) is 15.0 Å². The minimum atomic E-state index is -0.300. The molecular formula is C9H12N6O. The fourth-order valence-corrected chi connectivity index (χ4v) is 1.19. The molecule has 3 N–H and O–H groups in total. The minimum Gasteiger partial charge on any atom is -0.344 e. The van der Waals surface area contributed by atoms with E-state index in [1.54, 1.807) is 12.3 Å². The summed E-state index contributed by atoms with van der Waals surface area (Å²) >= 11 is 0. The Hall–Kier alpha value is -2.18. The summed E-state index contributed by atoms with van der Waals surface area (Å²) in [6.45, 7) is 2.32. The second kappa shape index (κ2) is 4.56. The van der Waals surface area contributed by atoms with Gasteiger partial charge in [-0.05, 0) is 6.07 Å². The van der Waals surface area contributed by atoms with Crippen molar-refractivity contribution < 1.29 is 4.79 Å². The lowest BCUT2D eigenvalue weighted by molar-refractivity contribution is 0.0940. The van der Waals surface area contributed by atoms with Crippen LogP contribution in [0, 0.1) is 0 Å². The van der Waals surface area contributed by atoms with Crippen LogP contribution in [0.1, 0.15) is 29.1 Å². The molecule has 1 amide bonds. The normalized spacial score (nSPS) is 10.3. The van der Waals surface area contributed by atoms with Crippen molar-refractivity contribution >= 4 is 5.91 Å². The summed E-state index contributed by atoms with van der Waals surface area (Å²) in [6, 6.07) is 1.79. The van der Waals surface area contributed by atoms with Crippen molar-refractivity contribution in [3.05, 3.63) is 29.6 Å². The highest BCUT2D eigenvalue weighted by atomic mass is 16.2. The Morgan fingerprint density at radius 1 is 1.50 bits per heavy atom. The van der Waals surface area contributed by atoms with Gasteiger partial charge in [0.05, 0.1) is 12.2 Å². The van der Waals surface area contributed by atoms with Crippen LogP contribution in [0.3, 0.4) is 0 Å². The molecule has 16 heavy (non-hydrogen) atoms. The van der Waals surface area contributed by atoms with E-state index in [0.717, 1.165) is 12.1 Å². The number of hydrogen-bond acceptors (Lipinski definition) is 4. The van der Waals surface area contributed by atoms with Crippen LogP contribution in [-0.4, -0.2) is 31.3 Å². The second-order valence-corrected chi connectivity index (χ2v) is 3.22. The molecule has 0 aromatic carbocycles. The van der Waals surface area contributed by atoms with Gasteiger partial charge in [0.25, 0.3) is 5.91 Å². The summed E-state index contributed by atoms with van der Waals surface area (Å²) in [5, 5.41) is 15.7. The average Bonchev–Trinajstić information content (AvgIpc) is 2.96. The molecule has 0 fully saturated rings. The summed E-state index contributed by atoms with van der Waals surface area (Å²) < 4.78 is 0. The molecule has 0 bridgehead atoms. The van der Waals surface area contributed by atoms with Gasteiger partial charge in [-0.1, -0.05) is 6.92 Å². The Balaban J connectivity index is 1.93. The second-order valence-electron chi connectivity index (χ2n) is 3.22. The molecule has 0 spiro atoms. The van der Waals surface area contributed by atoms with Crippen molar-refractivity contribution in [1.29, 1.82) is 0 Å². The Morgan fingerprint density at radius 2 is 2.38 bits per heavy atom. The molecule has 0 unspecified atom stereocenters. The van der Waals surface area contributed by atoms with Crippen molar-refractivity contribution in [1.82, 2.24) is 30.7 Å². The van der Waals surface area contributed by atoms with Crippen LogP contribution in [0.2, 0.25) is 0 Å². The molecule has 0 aliphatic carbocycles. The van der Waals surface area contributed by atoms with E-state index < -0.39 is 0 Å². The molecule has 0 radical (unpaired) electrons. The van der Waals surface area contributed by atoms with Crippen LogP contribution in [0.5, 0.6) is 0 Å². The Labute approximate surface area is 91.7 Å². The SMILES string of the molecule is CCc1nc(C(=O)NCc2ccn[nH]2)n[nH]1. The summed E-state index contributed by atoms with van der Waals surface area (Å²) in [5.74, 6) is 0.564. The van der Waals surface area contributed by atoms with Gasteiger partial charge in [0.1, 0.15) is 5.82 Å². The zero-order chi connectivity index (χ0) is 11.4. The molecule has 0 saturated heterocycles. The summed E-state index contributed by atoms with van der Waals surface area (Å²) in [4.78, 5) is 15.6. The lowest BCUT2D eigenvalue weighted by atomic mass is 10.4. The molecule has 2 aromatic rings. The topological polar surface area (TPSA) is 99.3 Å². The predicted octanol–water partition coefficient (Wildman–Crippen LogP) is 0.0202. The molecule has 84 valence electrons. The van der Waals surface area contributed by atoms with Gasteiger partial charge >= 0.3 is 0 Å². The number of hydrogen-bond donors (Lipinski definition) is 3. The number of aromatic nitrogens is 5. The van der Waals surface area contributed by atoms with Gasteiger partial charge in [-0.2, -0.15) is 5.10 Å². The predicted molar refractivity (Wildman–Crippen MR) is 55.5 cm³/mol. The maximum atomic E-state index is 11.6. The van der Waals surface area contributed by atoms with Gasteiger partial charge < -0.3 is 5.32 Å². The van der Waals surface area contributed by atoms with E-state index in [2.05, 4.69) is 30.7 Å². The van der Waals surface area contributed by atoms with Gasteiger partial charge in [0, 0.05) is 12.6 Å². The highest BCUT2D eigenvalue weighted by Gasteiger charge is 2.11. The van der Waals surface area contributed by atoms with Crippen LogP contribution in [-0.2, 0) is 13.0 Å². The number of nitrogens with one attached hydrogen (secondary N) is 3. The van der Waals surface area contributed by atoms with E-state index in [1.165, 1.54) is 0 Å². The van der Waals surface area contributed by atoms with Gasteiger partial charge in [0.2, 0.25) is 5.82 Å². The zero-order valence-electron chi connectivity index (χ0n) is 8.82. The first-order chi connectivity index (χ1) is 7.79. The number of aromatic amines is 2. The Morgan fingerprint density at radius 3 is 3.00 bits per heavy atom. The summed E-state index contributed by atoms with van der Waals surface area (Å²) in [5.41, 5.74) is 0.833. The van der Waals surface area contributed by atoms with Gasteiger partial charge in [-0.25, -0.2) is 4.98 Å². The zero-order valence-corrected chi connectivity index (χ0v) is 8.82. The van der Waals surface area contributed by atoms with Crippen molar-refractivity contribution in [2.24, 2.45) is 0 Å². The lowest BCUT2D eigenvalue weighted by Gasteiger charge is -1.98. The van der Waals surface area contributed by atoms with Crippen LogP contribution < -0.4 is 5.32 Å². The maximum Gasteiger partial charge on any atom is 0.291 e. The lowest BCUT2D eigenvalue weighted by Crippen LogP contribution is -2.24. The molecule has 0 atom stereocenters. The molecular weight excluding hydrogens is 208 g/mol. The molecule has 0 aliphatic heterocycles.